The molecule has 1 unspecified atom stereocenters. The van der Waals surface area contributed by atoms with Crippen LogP contribution in [0.15, 0.2) is 0 Å². The Morgan fingerprint density at radius 3 is 2.17 bits per heavy atom. The zero-order valence-corrected chi connectivity index (χ0v) is 4.62. The lowest BCUT2D eigenvalue weighted by atomic mass is 11.4. The Morgan fingerprint density at radius 1 is 2.00 bits per heavy atom. The summed E-state index contributed by atoms with van der Waals surface area (Å²) in [7, 11) is 0. The first kappa shape index (κ1) is 6.10. The number of rotatable bonds is 0. The molecule has 0 aromatic heterocycles. The second-order valence-electron chi connectivity index (χ2n) is 0.673. The predicted molar refractivity (Wildman–Crippen MR) is 27.6 cm³/mol. The molecule has 0 aliphatic heterocycles. The van der Waals surface area contributed by atoms with Crippen molar-refractivity contribution in [2.45, 2.75) is 0 Å². The molecule has 0 spiro atoms. The van der Waals surface area contributed by atoms with Gasteiger partial charge >= 0.3 is 6.57 Å². The van der Waals surface area contributed by atoms with E-state index in [-0.39, 0.29) is 0 Å². The van der Waals surface area contributed by atoms with Crippen molar-refractivity contribution in [3.63, 3.8) is 0 Å². The van der Waals surface area contributed by atoms with Gasteiger partial charge in [0.05, 0.1) is 0 Å². The molecule has 0 aliphatic rings. The quantitative estimate of drug-likeness (QED) is 0.282. The summed E-state index contributed by atoms with van der Waals surface area (Å²) in [6.07, 6.45) is 4.47. The first-order valence-electron chi connectivity index (χ1n) is 1.09. The van der Waals surface area contributed by atoms with E-state index in [1.54, 1.807) is 5.66 Å². The summed E-state index contributed by atoms with van der Waals surface area (Å²) in [5.41, 5.74) is 1.58. The topological polar surface area (TPSA) is 37.3 Å². The zero-order chi connectivity index (χ0) is 5.21. The molecule has 0 saturated heterocycles. The molecule has 1 N–H and O–H groups in total. The fourth-order valence-electron chi connectivity index (χ4n) is 0. The Kier molecular flexibility index (Phi) is 1.73. The van der Waals surface area contributed by atoms with Crippen LogP contribution >= 0.6 is 18.8 Å². The van der Waals surface area contributed by atoms with Gasteiger partial charge in [0.25, 0.3) is 0 Å². The summed E-state index contributed by atoms with van der Waals surface area (Å²) in [5, 5.41) is 0. The summed E-state index contributed by atoms with van der Waals surface area (Å²) in [6.45, 7) is -3.42. The van der Waals surface area contributed by atoms with Gasteiger partial charge < -0.3 is 4.89 Å². The van der Waals surface area contributed by atoms with Crippen molar-refractivity contribution in [3.05, 3.63) is 0 Å². The molecule has 4 heteroatoms. The third-order valence-corrected chi connectivity index (χ3v) is 0.851. The average molecular weight is 122 g/mol. The van der Waals surface area contributed by atoms with Gasteiger partial charge in [-0.05, 0) is 5.66 Å². The molecule has 0 saturated carbocycles. The minimum Gasteiger partial charge on any atom is -0.328 e. The standard InChI is InChI=1S/C2H3O2PS/c1-2-5(3,4)6/h1H,(H2,3,4,6). The van der Waals surface area contributed by atoms with E-state index in [1.807, 2.05) is 0 Å². The van der Waals surface area contributed by atoms with Crippen molar-refractivity contribution < 1.29 is 9.46 Å². The van der Waals surface area contributed by atoms with Crippen LogP contribution in [0, 0.1) is 12.1 Å². The van der Waals surface area contributed by atoms with Crippen LogP contribution in [0.1, 0.15) is 0 Å². The highest BCUT2D eigenvalue weighted by molar-refractivity contribution is 8.47. The summed E-state index contributed by atoms with van der Waals surface area (Å²) < 4.78 is 9.77. The molecule has 2 nitrogen and oxygen atoms in total. The second kappa shape index (κ2) is 1.70. The average Bonchev–Trinajstić information content (AvgIpc) is 1.35. The third-order valence-electron chi connectivity index (χ3n) is 0.168. The summed E-state index contributed by atoms with van der Waals surface area (Å²) >= 11 is 3.13. The van der Waals surface area contributed by atoms with Gasteiger partial charge in [-0.1, -0.05) is 12.2 Å². The largest absolute Gasteiger partial charge is 0.328 e. The van der Waals surface area contributed by atoms with Gasteiger partial charge in [0.1, 0.15) is 0 Å². The maximum Gasteiger partial charge on any atom is 0.323 e. The molecule has 0 rings (SSSR count). The van der Waals surface area contributed by atoms with E-state index in [1.165, 1.54) is 0 Å². The molecule has 0 amide bonds. The molecule has 0 radical (unpaired) electrons. The Hall–Kier alpha value is 0.100. The van der Waals surface area contributed by atoms with Crippen LogP contribution in [0.3, 0.4) is 0 Å². The van der Waals surface area contributed by atoms with Crippen LogP contribution in [-0.4, -0.2) is 4.89 Å². The maximum absolute atomic E-state index is 9.77. The van der Waals surface area contributed by atoms with Gasteiger partial charge in [-0.2, -0.15) is 0 Å². The van der Waals surface area contributed by atoms with Gasteiger partial charge in [-0.25, -0.2) is 0 Å². The SMILES string of the molecule is C#CP(=O)(O)S. The van der Waals surface area contributed by atoms with E-state index in [4.69, 9.17) is 4.89 Å². The van der Waals surface area contributed by atoms with Crippen molar-refractivity contribution in [1.82, 2.24) is 0 Å². The summed E-state index contributed by atoms with van der Waals surface area (Å²) in [6, 6.07) is 0. The molecule has 0 aromatic rings. The summed E-state index contributed by atoms with van der Waals surface area (Å²) in [5.74, 6) is 0. The fourth-order valence-corrected chi connectivity index (χ4v) is 0. The Bertz CT molecular complexity index is 118. The maximum atomic E-state index is 9.77. The highest BCUT2D eigenvalue weighted by atomic mass is 32.7. The minimum absolute atomic E-state index is 1.58. The predicted octanol–water partition coefficient (Wildman–Crippen LogP) is 0.692. The monoisotopic (exact) mass is 122 g/mol. The van der Waals surface area contributed by atoms with Crippen LogP contribution in [0.5, 0.6) is 0 Å². The van der Waals surface area contributed by atoms with Gasteiger partial charge in [-0.3, -0.25) is 4.57 Å². The molecule has 1 atom stereocenters. The Labute approximate surface area is 41.2 Å². The van der Waals surface area contributed by atoms with Gasteiger partial charge in [-0.15, -0.1) is 6.42 Å². The van der Waals surface area contributed by atoms with E-state index in [0.29, 0.717) is 0 Å². The zero-order valence-electron chi connectivity index (χ0n) is 2.83. The van der Waals surface area contributed by atoms with Gasteiger partial charge in [0.15, 0.2) is 0 Å². The lowest BCUT2D eigenvalue weighted by Gasteiger charge is -1.83. The molecule has 0 aliphatic carbocycles. The van der Waals surface area contributed by atoms with E-state index in [0.717, 1.165) is 0 Å². The molecular weight excluding hydrogens is 119 g/mol. The normalized spacial score (nSPS) is 18.2. The highest BCUT2D eigenvalue weighted by Crippen LogP contribution is 2.43. The van der Waals surface area contributed by atoms with Crippen LogP contribution in [0.4, 0.5) is 0 Å². The molecule has 0 fully saturated rings. The fraction of sp³-hybridized carbons (Fsp3) is 0. The Morgan fingerprint density at radius 2 is 2.17 bits per heavy atom. The van der Waals surface area contributed by atoms with Gasteiger partial charge in [0, 0.05) is 0 Å². The lowest BCUT2D eigenvalue weighted by molar-refractivity contribution is 0.509. The van der Waals surface area contributed by atoms with Crippen molar-refractivity contribution in [2.75, 3.05) is 0 Å². The molecule has 0 aromatic carbocycles. The molecule has 0 heterocycles. The van der Waals surface area contributed by atoms with Crippen LogP contribution in [-0.2, 0) is 4.57 Å². The molecular formula is C2H3O2PS. The van der Waals surface area contributed by atoms with Crippen molar-refractivity contribution >= 4 is 18.8 Å². The van der Waals surface area contributed by atoms with Crippen molar-refractivity contribution in [1.29, 1.82) is 0 Å². The first-order valence-corrected chi connectivity index (χ1v) is 3.91. The first-order chi connectivity index (χ1) is 2.56. The van der Waals surface area contributed by atoms with Crippen molar-refractivity contribution in [3.8, 4) is 12.1 Å². The minimum atomic E-state index is -3.42. The second-order valence-corrected chi connectivity index (χ2v) is 3.65. The number of hydrogen-bond acceptors (Lipinski definition) is 1. The Balaban J connectivity index is 3.94. The molecule has 34 valence electrons. The smallest absolute Gasteiger partial charge is 0.323 e. The molecule has 6 heavy (non-hydrogen) atoms. The van der Waals surface area contributed by atoms with Crippen LogP contribution in [0.25, 0.3) is 0 Å². The number of terminal acetylenes is 1. The highest BCUT2D eigenvalue weighted by Gasteiger charge is 2.00. The number of thiol groups is 1. The third kappa shape index (κ3) is 4.10. The van der Waals surface area contributed by atoms with Crippen LogP contribution in [0.2, 0.25) is 0 Å². The van der Waals surface area contributed by atoms with Crippen LogP contribution < -0.4 is 0 Å². The van der Waals surface area contributed by atoms with Gasteiger partial charge in [0.2, 0.25) is 0 Å². The van der Waals surface area contributed by atoms with Crippen molar-refractivity contribution in [2.24, 2.45) is 0 Å². The van der Waals surface area contributed by atoms with E-state index in [2.05, 4.69) is 18.7 Å². The van der Waals surface area contributed by atoms with E-state index in [9.17, 15) is 4.57 Å². The number of hydrogen-bond donors (Lipinski definition) is 2. The van der Waals surface area contributed by atoms with E-state index >= 15 is 0 Å². The summed E-state index contributed by atoms with van der Waals surface area (Å²) in [4.78, 5) is 8.01. The van der Waals surface area contributed by atoms with E-state index < -0.39 is 6.57 Å². The molecule has 0 bridgehead atoms. The lowest BCUT2D eigenvalue weighted by Crippen LogP contribution is -1.52.